The van der Waals surface area contributed by atoms with Crippen LogP contribution in [-0.2, 0) is 18.6 Å². The molecule has 0 saturated carbocycles. The SMILES string of the molecule is Cc1ccc(O)cc1.[V]. The van der Waals surface area contributed by atoms with Gasteiger partial charge in [0.05, 0.1) is 0 Å². The van der Waals surface area contributed by atoms with Crippen LogP contribution in [0.3, 0.4) is 0 Å². The van der Waals surface area contributed by atoms with Gasteiger partial charge in [-0.3, -0.25) is 0 Å². The van der Waals surface area contributed by atoms with E-state index in [-0.39, 0.29) is 18.6 Å². The molecule has 1 aromatic rings. The number of hydrogen-bond donors (Lipinski definition) is 1. The van der Waals surface area contributed by atoms with Crippen LogP contribution in [0.4, 0.5) is 0 Å². The van der Waals surface area contributed by atoms with E-state index in [9.17, 15) is 0 Å². The van der Waals surface area contributed by atoms with Crippen molar-refractivity contribution in [2.45, 2.75) is 6.92 Å². The van der Waals surface area contributed by atoms with Crippen LogP contribution in [0, 0.1) is 6.92 Å². The van der Waals surface area contributed by atoms with E-state index < -0.39 is 0 Å². The summed E-state index contributed by atoms with van der Waals surface area (Å²) in [6.45, 7) is 1.99. The average Bonchev–Trinajstić information content (AvgIpc) is 1.77. The zero-order valence-corrected chi connectivity index (χ0v) is 6.60. The number of phenolic OH excluding ortho intramolecular Hbond substituents is 1. The molecule has 0 bridgehead atoms. The molecular weight excluding hydrogens is 151 g/mol. The summed E-state index contributed by atoms with van der Waals surface area (Å²) in [4.78, 5) is 0. The Kier molecular flexibility index (Phi) is 3.44. The Bertz CT molecular complexity index is 148. The number of aryl methyl sites for hydroxylation is 1. The fourth-order valence-corrected chi connectivity index (χ4v) is 0.545. The van der Waals surface area contributed by atoms with Crippen LogP contribution in [0.5, 0.6) is 5.75 Å². The molecule has 1 rings (SSSR count). The zero-order chi connectivity index (χ0) is 5.98. The Labute approximate surface area is 66.6 Å². The predicted octanol–water partition coefficient (Wildman–Crippen LogP) is 1.70. The van der Waals surface area contributed by atoms with Crippen LogP contribution in [0.1, 0.15) is 5.56 Å². The number of phenols is 1. The van der Waals surface area contributed by atoms with Gasteiger partial charge in [-0.1, -0.05) is 17.7 Å². The standard InChI is InChI=1S/C7H8O.V/c1-6-2-4-7(8)5-3-6;/h2-5,8H,1H3;. The molecule has 0 aliphatic heterocycles. The van der Waals surface area contributed by atoms with Gasteiger partial charge in [0.2, 0.25) is 0 Å². The van der Waals surface area contributed by atoms with Crippen molar-refractivity contribution < 1.29 is 23.7 Å². The van der Waals surface area contributed by atoms with E-state index in [1.807, 2.05) is 19.1 Å². The molecule has 0 heterocycles. The molecule has 1 aromatic carbocycles. The van der Waals surface area contributed by atoms with Gasteiger partial charge >= 0.3 is 0 Å². The number of hydrogen-bond acceptors (Lipinski definition) is 1. The molecule has 47 valence electrons. The molecule has 0 unspecified atom stereocenters. The van der Waals surface area contributed by atoms with E-state index in [0.717, 1.165) is 0 Å². The van der Waals surface area contributed by atoms with Crippen molar-refractivity contribution in [2.75, 3.05) is 0 Å². The average molecular weight is 159 g/mol. The summed E-state index contributed by atoms with van der Waals surface area (Å²) in [7, 11) is 0. The van der Waals surface area contributed by atoms with Gasteiger partial charge in [-0.2, -0.15) is 0 Å². The van der Waals surface area contributed by atoms with Crippen molar-refractivity contribution >= 4 is 0 Å². The first-order valence-electron chi connectivity index (χ1n) is 2.54. The molecule has 2 heteroatoms. The summed E-state index contributed by atoms with van der Waals surface area (Å²) in [5, 5.41) is 8.76. The number of aromatic hydroxyl groups is 1. The van der Waals surface area contributed by atoms with E-state index in [2.05, 4.69) is 0 Å². The molecule has 1 nitrogen and oxygen atoms in total. The summed E-state index contributed by atoms with van der Waals surface area (Å²) >= 11 is 0. The number of rotatable bonds is 0. The Morgan fingerprint density at radius 1 is 1.11 bits per heavy atom. The summed E-state index contributed by atoms with van der Waals surface area (Å²) in [5.74, 6) is 0.329. The molecular formula is C7H8OV. The molecule has 0 aromatic heterocycles. The van der Waals surface area contributed by atoms with E-state index in [1.165, 1.54) is 5.56 Å². The van der Waals surface area contributed by atoms with E-state index in [0.29, 0.717) is 5.75 Å². The first-order chi connectivity index (χ1) is 3.79. The normalized spacial score (nSPS) is 8.11. The van der Waals surface area contributed by atoms with Gasteiger partial charge in [-0.25, -0.2) is 0 Å². The van der Waals surface area contributed by atoms with Crippen molar-refractivity contribution in [3.05, 3.63) is 29.8 Å². The van der Waals surface area contributed by atoms with Crippen LogP contribution >= 0.6 is 0 Å². The van der Waals surface area contributed by atoms with E-state index >= 15 is 0 Å². The maximum absolute atomic E-state index is 8.76. The maximum Gasteiger partial charge on any atom is 0.115 e. The van der Waals surface area contributed by atoms with Gasteiger partial charge in [0, 0.05) is 18.6 Å². The topological polar surface area (TPSA) is 20.2 Å². The third kappa shape index (κ3) is 2.59. The maximum atomic E-state index is 8.76. The van der Waals surface area contributed by atoms with Crippen molar-refractivity contribution in [2.24, 2.45) is 0 Å². The van der Waals surface area contributed by atoms with E-state index in [1.54, 1.807) is 12.1 Å². The third-order valence-electron chi connectivity index (χ3n) is 1.03. The van der Waals surface area contributed by atoms with Crippen molar-refractivity contribution in [3.8, 4) is 5.75 Å². The summed E-state index contributed by atoms with van der Waals surface area (Å²) < 4.78 is 0. The van der Waals surface area contributed by atoms with Crippen molar-refractivity contribution in [3.63, 3.8) is 0 Å². The summed E-state index contributed by atoms with van der Waals surface area (Å²) in [6.07, 6.45) is 0. The van der Waals surface area contributed by atoms with Gasteiger partial charge in [-0.15, -0.1) is 0 Å². The van der Waals surface area contributed by atoms with Gasteiger partial charge in [-0.05, 0) is 19.1 Å². The Morgan fingerprint density at radius 2 is 1.56 bits per heavy atom. The van der Waals surface area contributed by atoms with Crippen molar-refractivity contribution in [1.29, 1.82) is 0 Å². The summed E-state index contributed by atoms with van der Waals surface area (Å²) in [6, 6.07) is 7.09. The second-order valence-corrected chi connectivity index (χ2v) is 1.84. The minimum atomic E-state index is 0. The molecule has 0 saturated heterocycles. The second-order valence-electron chi connectivity index (χ2n) is 1.84. The molecule has 0 aliphatic rings. The molecule has 0 amide bonds. The van der Waals surface area contributed by atoms with Gasteiger partial charge in [0.1, 0.15) is 5.75 Å². The van der Waals surface area contributed by atoms with Crippen LogP contribution in [0.25, 0.3) is 0 Å². The van der Waals surface area contributed by atoms with Crippen molar-refractivity contribution in [1.82, 2.24) is 0 Å². The fourth-order valence-electron chi connectivity index (χ4n) is 0.545. The van der Waals surface area contributed by atoms with Gasteiger partial charge in [0.15, 0.2) is 0 Å². The first-order valence-corrected chi connectivity index (χ1v) is 2.54. The van der Waals surface area contributed by atoms with Gasteiger partial charge in [0.25, 0.3) is 0 Å². The second kappa shape index (κ2) is 3.60. The molecule has 9 heavy (non-hydrogen) atoms. The largest absolute Gasteiger partial charge is 0.508 e. The third-order valence-corrected chi connectivity index (χ3v) is 1.03. The molecule has 0 spiro atoms. The van der Waals surface area contributed by atoms with Crippen LogP contribution in [0.2, 0.25) is 0 Å². The van der Waals surface area contributed by atoms with Gasteiger partial charge < -0.3 is 5.11 Å². The minimum absolute atomic E-state index is 0. The van der Waals surface area contributed by atoms with Crippen LogP contribution < -0.4 is 0 Å². The quantitative estimate of drug-likeness (QED) is 0.610. The molecule has 0 fully saturated rings. The first kappa shape index (κ1) is 8.60. The van der Waals surface area contributed by atoms with Crippen LogP contribution in [-0.4, -0.2) is 5.11 Å². The molecule has 1 radical (unpaired) electrons. The predicted molar refractivity (Wildman–Crippen MR) is 32.8 cm³/mol. The zero-order valence-electron chi connectivity index (χ0n) is 5.20. The Hall–Kier alpha value is -0.396. The Morgan fingerprint density at radius 3 is 1.89 bits per heavy atom. The summed E-state index contributed by atoms with van der Waals surface area (Å²) in [5.41, 5.74) is 1.17. The molecule has 0 aliphatic carbocycles. The Balaban J connectivity index is 0.000000640. The van der Waals surface area contributed by atoms with E-state index in [4.69, 9.17) is 5.11 Å². The monoisotopic (exact) mass is 159 g/mol. The minimum Gasteiger partial charge on any atom is -0.508 e. The van der Waals surface area contributed by atoms with Crippen LogP contribution in [0.15, 0.2) is 24.3 Å². The number of benzene rings is 1. The smallest absolute Gasteiger partial charge is 0.115 e. The fraction of sp³-hybridized carbons (Fsp3) is 0.143. The molecule has 1 N–H and O–H groups in total. The molecule has 0 atom stereocenters.